The third-order valence-corrected chi connectivity index (χ3v) is 3.92. The van der Waals surface area contributed by atoms with E-state index in [4.69, 9.17) is 0 Å². The van der Waals surface area contributed by atoms with Crippen LogP contribution in [0, 0.1) is 5.82 Å². The van der Waals surface area contributed by atoms with Gasteiger partial charge in [-0.1, -0.05) is 12.1 Å². The fourth-order valence-corrected chi connectivity index (χ4v) is 3.29. The zero-order valence-electron chi connectivity index (χ0n) is 11.8. The first-order valence-corrected chi connectivity index (χ1v) is 6.63. The molecule has 5 heteroatoms. The van der Waals surface area contributed by atoms with Gasteiger partial charge in [0.1, 0.15) is 5.82 Å². The zero-order valence-corrected chi connectivity index (χ0v) is 11.8. The standard InChI is InChI=1S/C15H18FNO3/c1-9(2)17(10(3)18)15(14(19)20)8-7-11-12(15)5-4-6-13(11)16/h4-6,9H,7-8H2,1-3H3,(H,19,20). The summed E-state index contributed by atoms with van der Waals surface area (Å²) < 4.78 is 13.9. The quantitative estimate of drug-likeness (QED) is 0.923. The maximum atomic E-state index is 13.9. The maximum absolute atomic E-state index is 13.9. The van der Waals surface area contributed by atoms with E-state index in [1.807, 2.05) is 0 Å². The summed E-state index contributed by atoms with van der Waals surface area (Å²) in [5.74, 6) is -1.83. The molecule has 0 heterocycles. The third-order valence-electron chi connectivity index (χ3n) is 3.92. The first kappa shape index (κ1) is 14.5. The summed E-state index contributed by atoms with van der Waals surface area (Å²) >= 11 is 0. The van der Waals surface area contributed by atoms with Gasteiger partial charge in [0, 0.05) is 13.0 Å². The number of carboxylic acid groups (broad SMARTS) is 1. The lowest BCUT2D eigenvalue weighted by Gasteiger charge is -2.41. The molecule has 4 nitrogen and oxygen atoms in total. The van der Waals surface area contributed by atoms with Crippen molar-refractivity contribution in [1.29, 1.82) is 0 Å². The molecule has 1 aliphatic carbocycles. The normalized spacial score (nSPS) is 20.9. The molecule has 1 unspecified atom stereocenters. The Kier molecular flexibility index (Phi) is 3.54. The van der Waals surface area contributed by atoms with Crippen molar-refractivity contribution in [3.05, 3.63) is 35.1 Å². The summed E-state index contributed by atoms with van der Waals surface area (Å²) in [5.41, 5.74) is -0.659. The van der Waals surface area contributed by atoms with Crippen LogP contribution in [-0.2, 0) is 21.5 Å². The number of rotatable bonds is 3. The van der Waals surface area contributed by atoms with Gasteiger partial charge in [0.2, 0.25) is 5.91 Å². The van der Waals surface area contributed by atoms with E-state index in [1.165, 1.54) is 24.0 Å². The van der Waals surface area contributed by atoms with Crippen LogP contribution < -0.4 is 0 Å². The lowest BCUT2D eigenvalue weighted by Crippen LogP contribution is -2.55. The minimum atomic E-state index is -1.46. The monoisotopic (exact) mass is 279 g/mol. The van der Waals surface area contributed by atoms with E-state index in [-0.39, 0.29) is 18.4 Å². The highest BCUT2D eigenvalue weighted by atomic mass is 19.1. The van der Waals surface area contributed by atoms with Crippen molar-refractivity contribution < 1.29 is 19.1 Å². The van der Waals surface area contributed by atoms with E-state index in [0.29, 0.717) is 17.5 Å². The number of carbonyl (C=O) groups excluding carboxylic acids is 1. The number of carbonyl (C=O) groups is 2. The number of nitrogens with zero attached hydrogens (tertiary/aromatic N) is 1. The van der Waals surface area contributed by atoms with Gasteiger partial charge in [-0.15, -0.1) is 0 Å². The van der Waals surface area contributed by atoms with Gasteiger partial charge in [0.25, 0.3) is 0 Å². The summed E-state index contributed by atoms with van der Waals surface area (Å²) in [7, 11) is 0. The van der Waals surface area contributed by atoms with Crippen molar-refractivity contribution in [3.8, 4) is 0 Å². The Hall–Kier alpha value is -1.91. The Morgan fingerprint density at radius 2 is 2.05 bits per heavy atom. The molecule has 1 aromatic carbocycles. The average molecular weight is 279 g/mol. The van der Waals surface area contributed by atoms with Crippen molar-refractivity contribution >= 4 is 11.9 Å². The molecule has 1 atom stereocenters. The van der Waals surface area contributed by atoms with E-state index in [2.05, 4.69) is 0 Å². The Bertz CT molecular complexity index is 570. The van der Waals surface area contributed by atoms with E-state index in [9.17, 15) is 19.1 Å². The molecule has 0 saturated carbocycles. The van der Waals surface area contributed by atoms with Crippen molar-refractivity contribution in [3.63, 3.8) is 0 Å². The molecule has 0 aliphatic heterocycles. The number of amides is 1. The van der Waals surface area contributed by atoms with Crippen molar-refractivity contribution in [2.24, 2.45) is 0 Å². The van der Waals surface area contributed by atoms with Crippen LogP contribution in [0.3, 0.4) is 0 Å². The highest BCUT2D eigenvalue weighted by Crippen LogP contribution is 2.44. The van der Waals surface area contributed by atoms with Crippen molar-refractivity contribution in [2.75, 3.05) is 0 Å². The van der Waals surface area contributed by atoms with Gasteiger partial charge in [-0.05, 0) is 43.9 Å². The summed E-state index contributed by atoms with van der Waals surface area (Å²) in [6, 6.07) is 4.15. The second-order valence-electron chi connectivity index (χ2n) is 5.41. The molecule has 2 rings (SSSR count). The number of aliphatic carboxylic acids is 1. The lowest BCUT2D eigenvalue weighted by atomic mass is 9.88. The van der Waals surface area contributed by atoms with E-state index in [1.54, 1.807) is 19.9 Å². The molecule has 1 aromatic rings. The molecular formula is C15H18FNO3. The number of hydrogen-bond donors (Lipinski definition) is 1. The predicted molar refractivity (Wildman–Crippen MR) is 71.7 cm³/mol. The molecule has 1 N–H and O–H groups in total. The minimum absolute atomic E-state index is 0.205. The van der Waals surface area contributed by atoms with E-state index in [0.717, 1.165) is 0 Å². The number of fused-ring (bicyclic) bond motifs is 1. The molecule has 1 aliphatic rings. The second kappa shape index (κ2) is 4.89. The van der Waals surface area contributed by atoms with Crippen LogP contribution in [-0.4, -0.2) is 27.9 Å². The van der Waals surface area contributed by atoms with Crippen LogP contribution in [0.2, 0.25) is 0 Å². The molecule has 0 saturated heterocycles. The van der Waals surface area contributed by atoms with Crippen LogP contribution in [0.1, 0.15) is 38.3 Å². The predicted octanol–water partition coefficient (Wildman–Crippen LogP) is 2.31. The highest BCUT2D eigenvalue weighted by molar-refractivity contribution is 5.89. The Labute approximate surface area is 117 Å². The molecule has 108 valence electrons. The van der Waals surface area contributed by atoms with Crippen LogP contribution in [0.25, 0.3) is 0 Å². The maximum Gasteiger partial charge on any atom is 0.334 e. The smallest absolute Gasteiger partial charge is 0.334 e. The lowest BCUT2D eigenvalue weighted by molar-refractivity contribution is -0.162. The molecule has 1 amide bonds. The van der Waals surface area contributed by atoms with Gasteiger partial charge >= 0.3 is 5.97 Å². The van der Waals surface area contributed by atoms with Crippen LogP contribution in [0.15, 0.2) is 18.2 Å². The number of halogens is 1. The Morgan fingerprint density at radius 1 is 1.40 bits per heavy atom. The SMILES string of the molecule is CC(=O)N(C(C)C)C1(C(=O)O)CCc2c(F)cccc21. The molecule has 0 bridgehead atoms. The van der Waals surface area contributed by atoms with E-state index >= 15 is 0 Å². The van der Waals surface area contributed by atoms with Crippen LogP contribution in [0.5, 0.6) is 0 Å². The molecule has 20 heavy (non-hydrogen) atoms. The number of hydrogen-bond acceptors (Lipinski definition) is 2. The Balaban J connectivity index is 2.69. The zero-order chi connectivity index (χ0) is 15.1. The summed E-state index contributed by atoms with van der Waals surface area (Å²) in [5, 5.41) is 9.75. The minimum Gasteiger partial charge on any atom is -0.479 e. The summed E-state index contributed by atoms with van der Waals surface area (Å²) in [4.78, 5) is 25.2. The first-order valence-electron chi connectivity index (χ1n) is 6.63. The van der Waals surface area contributed by atoms with Gasteiger partial charge in [0.15, 0.2) is 5.54 Å². The van der Waals surface area contributed by atoms with Gasteiger partial charge in [0.05, 0.1) is 0 Å². The molecule has 0 fully saturated rings. The van der Waals surface area contributed by atoms with Gasteiger partial charge < -0.3 is 10.0 Å². The van der Waals surface area contributed by atoms with Crippen molar-refractivity contribution in [1.82, 2.24) is 4.90 Å². The average Bonchev–Trinajstić information content (AvgIpc) is 2.70. The second-order valence-corrected chi connectivity index (χ2v) is 5.41. The van der Waals surface area contributed by atoms with E-state index < -0.39 is 17.3 Å². The van der Waals surface area contributed by atoms with Crippen LogP contribution in [0.4, 0.5) is 4.39 Å². The summed E-state index contributed by atoms with van der Waals surface area (Å²) in [6.07, 6.45) is 0.529. The molecule has 0 spiro atoms. The molecule has 0 aromatic heterocycles. The topological polar surface area (TPSA) is 57.6 Å². The fraction of sp³-hybridized carbons (Fsp3) is 0.467. The Morgan fingerprint density at radius 3 is 2.55 bits per heavy atom. The highest BCUT2D eigenvalue weighted by Gasteiger charge is 2.52. The number of carboxylic acids is 1. The van der Waals surface area contributed by atoms with Crippen molar-refractivity contribution in [2.45, 2.75) is 45.2 Å². The third kappa shape index (κ3) is 1.88. The largest absolute Gasteiger partial charge is 0.479 e. The first-order chi connectivity index (χ1) is 9.32. The van der Waals surface area contributed by atoms with Crippen LogP contribution >= 0.6 is 0 Å². The van der Waals surface area contributed by atoms with Gasteiger partial charge in [-0.2, -0.15) is 0 Å². The summed E-state index contributed by atoms with van der Waals surface area (Å²) in [6.45, 7) is 4.88. The molecular weight excluding hydrogens is 261 g/mol. The number of benzene rings is 1. The van der Waals surface area contributed by atoms with Gasteiger partial charge in [-0.3, -0.25) is 4.79 Å². The molecule has 0 radical (unpaired) electrons. The van der Waals surface area contributed by atoms with Gasteiger partial charge in [-0.25, -0.2) is 9.18 Å². The fourth-order valence-electron chi connectivity index (χ4n) is 3.29.